The summed E-state index contributed by atoms with van der Waals surface area (Å²) < 4.78 is 1.98. The molecule has 7 nitrogen and oxygen atoms in total. The molecule has 138 valence electrons. The summed E-state index contributed by atoms with van der Waals surface area (Å²) in [5.41, 5.74) is 5.97. The molecule has 24 heavy (non-hydrogen) atoms. The topological polar surface area (TPSA) is 93.2 Å². The maximum absolute atomic E-state index is 12.3. The molecule has 0 aliphatic carbocycles. The van der Waals surface area contributed by atoms with Crippen LogP contribution in [0.15, 0.2) is 18.7 Å². The van der Waals surface area contributed by atoms with Crippen LogP contribution in [0.5, 0.6) is 0 Å². The third-order valence-corrected chi connectivity index (χ3v) is 4.05. The van der Waals surface area contributed by atoms with Crippen molar-refractivity contribution in [2.24, 2.45) is 11.7 Å². The second kappa shape index (κ2) is 11.3. The first-order chi connectivity index (χ1) is 10.6. The van der Waals surface area contributed by atoms with Gasteiger partial charge < -0.3 is 20.5 Å². The van der Waals surface area contributed by atoms with Gasteiger partial charge in [0.2, 0.25) is 11.8 Å². The average Bonchev–Trinajstić information content (AvgIpc) is 2.91. The summed E-state index contributed by atoms with van der Waals surface area (Å²) in [6.07, 6.45) is 7.77. The molecule has 3 N–H and O–H groups in total. The Morgan fingerprint density at radius 2 is 2.04 bits per heavy atom. The zero-order chi connectivity index (χ0) is 15.9. The lowest BCUT2D eigenvalue weighted by molar-refractivity contribution is -0.131. The van der Waals surface area contributed by atoms with Gasteiger partial charge >= 0.3 is 0 Å². The molecule has 0 bridgehead atoms. The Hall–Kier alpha value is -1.31. The van der Waals surface area contributed by atoms with E-state index in [0.29, 0.717) is 19.6 Å². The molecule has 0 spiro atoms. The Labute approximate surface area is 155 Å². The zero-order valence-electron chi connectivity index (χ0n) is 13.9. The van der Waals surface area contributed by atoms with Crippen LogP contribution >= 0.6 is 24.8 Å². The lowest BCUT2D eigenvalue weighted by Gasteiger charge is -2.23. The van der Waals surface area contributed by atoms with E-state index in [0.717, 1.165) is 25.8 Å². The van der Waals surface area contributed by atoms with Crippen molar-refractivity contribution >= 4 is 36.6 Å². The van der Waals surface area contributed by atoms with Gasteiger partial charge in [0, 0.05) is 51.5 Å². The number of rotatable bonds is 5. The molecular weight excluding hydrogens is 353 g/mol. The van der Waals surface area contributed by atoms with Gasteiger partial charge in [-0.25, -0.2) is 4.98 Å². The first-order valence-electron chi connectivity index (χ1n) is 7.81. The smallest absolute Gasteiger partial charge is 0.224 e. The van der Waals surface area contributed by atoms with Gasteiger partial charge in [-0.05, 0) is 19.3 Å². The molecule has 2 atom stereocenters. The molecule has 0 saturated carbocycles. The van der Waals surface area contributed by atoms with Crippen molar-refractivity contribution in [2.75, 3.05) is 19.6 Å². The predicted molar refractivity (Wildman–Crippen MR) is 97.3 cm³/mol. The van der Waals surface area contributed by atoms with Crippen LogP contribution < -0.4 is 11.1 Å². The molecule has 2 rings (SSSR count). The van der Waals surface area contributed by atoms with Crippen LogP contribution in [0.4, 0.5) is 0 Å². The number of nitrogens with two attached hydrogens (primary N) is 1. The molecule has 9 heteroatoms. The maximum atomic E-state index is 12.3. The minimum atomic E-state index is -0.161. The van der Waals surface area contributed by atoms with E-state index in [1.54, 1.807) is 17.4 Å². The highest BCUT2D eigenvalue weighted by Gasteiger charge is 2.27. The van der Waals surface area contributed by atoms with Crippen molar-refractivity contribution in [2.45, 2.75) is 38.8 Å². The lowest BCUT2D eigenvalue weighted by Crippen LogP contribution is -2.42. The van der Waals surface area contributed by atoms with Crippen LogP contribution in [-0.4, -0.2) is 51.9 Å². The molecule has 2 heterocycles. The molecule has 1 aromatic rings. The standard InChI is InChI=1S/C15H25N5O2.2ClH/c1-12(21)20-9-13(3-4-14(16)10-20)15(22)18-5-2-7-19-8-6-17-11-19;;/h6,8,11,13-14H,2-5,7,9-10,16H2,1H3,(H,18,22);2*1H/t13-,14+;;/m1../s1. The number of nitrogens with one attached hydrogen (secondary N) is 1. The van der Waals surface area contributed by atoms with Crippen LogP contribution in [-0.2, 0) is 16.1 Å². The number of carbonyl (C=O) groups excluding carboxylic acids is 2. The van der Waals surface area contributed by atoms with E-state index >= 15 is 0 Å². The Bertz CT molecular complexity index is 498. The molecular formula is C15H27Cl2N5O2. The van der Waals surface area contributed by atoms with E-state index < -0.39 is 0 Å². The Morgan fingerprint density at radius 1 is 1.29 bits per heavy atom. The summed E-state index contributed by atoms with van der Waals surface area (Å²) in [7, 11) is 0. The van der Waals surface area contributed by atoms with Gasteiger partial charge in [-0.15, -0.1) is 24.8 Å². The summed E-state index contributed by atoms with van der Waals surface area (Å²) in [6.45, 7) is 3.99. The summed E-state index contributed by atoms with van der Waals surface area (Å²) in [4.78, 5) is 29.5. The summed E-state index contributed by atoms with van der Waals surface area (Å²) in [6, 6.07) is -0.0389. The highest BCUT2D eigenvalue weighted by Crippen LogP contribution is 2.16. The second-order valence-electron chi connectivity index (χ2n) is 5.90. The van der Waals surface area contributed by atoms with Gasteiger partial charge in [-0.2, -0.15) is 0 Å². The molecule has 1 aliphatic heterocycles. The number of hydrogen-bond acceptors (Lipinski definition) is 4. The fourth-order valence-corrected chi connectivity index (χ4v) is 2.73. The molecule has 0 unspecified atom stereocenters. The summed E-state index contributed by atoms with van der Waals surface area (Å²) in [5, 5.41) is 2.97. The van der Waals surface area contributed by atoms with E-state index in [4.69, 9.17) is 5.73 Å². The van der Waals surface area contributed by atoms with Gasteiger partial charge in [0.25, 0.3) is 0 Å². The number of hydrogen-bond donors (Lipinski definition) is 2. The van der Waals surface area contributed by atoms with Gasteiger partial charge in [-0.3, -0.25) is 9.59 Å². The van der Waals surface area contributed by atoms with Crippen molar-refractivity contribution in [3.05, 3.63) is 18.7 Å². The number of imidazole rings is 1. The molecule has 1 saturated heterocycles. The Kier molecular flexibility index (Phi) is 10.7. The van der Waals surface area contributed by atoms with Gasteiger partial charge in [0.1, 0.15) is 0 Å². The largest absolute Gasteiger partial charge is 0.356 e. The minimum absolute atomic E-state index is 0. The molecule has 1 fully saturated rings. The van der Waals surface area contributed by atoms with E-state index in [1.165, 1.54) is 6.92 Å². The quantitative estimate of drug-likeness (QED) is 0.740. The minimum Gasteiger partial charge on any atom is -0.356 e. The first kappa shape index (κ1) is 22.7. The molecule has 2 amide bonds. The highest BCUT2D eigenvalue weighted by molar-refractivity contribution is 5.85. The molecule has 0 radical (unpaired) electrons. The monoisotopic (exact) mass is 379 g/mol. The molecule has 1 aromatic heterocycles. The van der Waals surface area contributed by atoms with E-state index in [1.807, 2.05) is 10.8 Å². The number of nitrogens with zero attached hydrogens (tertiary/aromatic N) is 3. The lowest BCUT2D eigenvalue weighted by atomic mass is 10.0. The normalized spacial score (nSPS) is 20.3. The van der Waals surface area contributed by atoms with Gasteiger partial charge in [-0.1, -0.05) is 0 Å². The number of carbonyl (C=O) groups is 2. The average molecular weight is 380 g/mol. The van der Waals surface area contributed by atoms with Crippen molar-refractivity contribution < 1.29 is 9.59 Å². The van der Waals surface area contributed by atoms with Crippen LogP contribution in [0.3, 0.4) is 0 Å². The number of amides is 2. The number of likely N-dealkylation sites (tertiary alicyclic amines) is 1. The first-order valence-corrected chi connectivity index (χ1v) is 7.81. The van der Waals surface area contributed by atoms with Crippen LogP contribution in [0, 0.1) is 5.92 Å². The van der Waals surface area contributed by atoms with Crippen molar-refractivity contribution in [1.29, 1.82) is 0 Å². The van der Waals surface area contributed by atoms with Crippen molar-refractivity contribution in [3.8, 4) is 0 Å². The van der Waals surface area contributed by atoms with E-state index in [-0.39, 0.29) is 48.6 Å². The SMILES string of the molecule is CC(=O)N1C[C@@H](N)CC[C@@H](C(=O)NCCCn2ccnc2)C1.Cl.Cl. The fraction of sp³-hybridized carbons (Fsp3) is 0.667. The maximum Gasteiger partial charge on any atom is 0.224 e. The molecule has 1 aliphatic rings. The number of aryl methyl sites for hydroxylation is 1. The van der Waals surface area contributed by atoms with E-state index in [2.05, 4.69) is 10.3 Å². The Morgan fingerprint density at radius 3 is 2.67 bits per heavy atom. The third kappa shape index (κ3) is 7.07. The summed E-state index contributed by atoms with van der Waals surface area (Å²) >= 11 is 0. The number of aromatic nitrogens is 2. The zero-order valence-corrected chi connectivity index (χ0v) is 15.5. The van der Waals surface area contributed by atoms with Crippen LogP contribution in [0.2, 0.25) is 0 Å². The van der Waals surface area contributed by atoms with Crippen LogP contribution in [0.25, 0.3) is 0 Å². The predicted octanol–water partition coefficient (Wildman–Crippen LogP) is 0.819. The van der Waals surface area contributed by atoms with Crippen molar-refractivity contribution in [3.63, 3.8) is 0 Å². The van der Waals surface area contributed by atoms with Crippen molar-refractivity contribution in [1.82, 2.24) is 19.8 Å². The fourth-order valence-electron chi connectivity index (χ4n) is 2.73. The second-order valence-corrected chi connectivity index (χ2v) is 5.90. The summed E-state index contributed by atoms with van der Waals surface area (Å²) in [5.74, 6) is -0.160. The molecule has 0 aromatic carbocycles. The van der Waals surface area contributed by atoms with E-state index in [9.17, 15) is 9.59 Å². The number of halogens is 2. The highest BCUT2D eigenvalue weighted by atomic mass is 35.5. The Balaban J connectivity index is 0.00000264. The van der Waals surface area contributed by atoms with Crippen LogP contribution in [0.1, 0.15) is 26.2 Å². The van der Waals surface area contributed by atoms with Gasteiger partial charge in [0.15, 0.2) is 0 Å². The third-order valence-electron chi connectivity index (χ3n) is 4.05. The van der Waals surface area contributed by atoms with Gasteiger partial charge in [0.05, 0.1) is 12.2 Å².